The molecule has 1 aliphatic rings. The van der Waals surface area contributed by atoms with Crippen molar-refractivity contribution < 1.29 is 19.1 Å². The van der Waals surface area contributed by atoms with Gasteiger partial charge >= 0.3 is 5.97 Å². The molecule has 4 rings (SSSR count). The van der Waals surface area contributed by atoms with Gasteiger partial charge < -0.3 is 15.0 Å². The summed E-state index contributed by atoms with van der Waals surface area (Å²) in [5.41, 5.74) is 2.61. The summed E-state index contributed by atoms with van der Waals surface area (Å²) < 4.78 is 4.97. The maximum Gasteiger partial charge on any atom is 0.338 e. The highest BCUT2D eigenvalue weighted by molar-refractivity contribution is 7.13. The van der Waals surface area contributed by atoms with Crippen molar-refractivity contribution in [3.63, 3.8) is 0 Å². The van der Waals surface area contributed by atoms with Crippen molar-refractivity contribution in [1.82, 2.24) is 15.3 Å². The Bertz CT molecular complexity index is 1110. The Morgan fingerprint density at radius 3 is 2.75 bits per heavy atom. The summed E-state index contributed by atoms with van der Waals surface area (Å²) in [6, 6.07) is 12.3. The monoisotopic (exact) mass is 450 g/mol. The first-order valence-corrected chi connectivity index (χ1v) is 11.1. The van der Waals surface area contributed by atoms with Crippen molar-refractivity contribution in [2.75, 3.05) is 18.1 Å². The lowest BCUT2D eigenvalue weighted by atomic mass is 10.1. The number of hydrogen-bond donors (Lipinski definition) is 1. The van der Waals surface area contributed by atoms with Gasteiger partial charge in [-0.3, -0.25) is 14.6 Å². The zero-order valence-corrected chi connectivity index (χ0v) is 18.3. The Labute approximate surface area is 189 Å². The van der Waals surface area contributed by atoms with Crippen LogP contribution in [0.1, 0.15) is 29.4 Å². The minimum Gasteiger partial charge on any atom is -0.462 e. The lowest BCUT2D eigenvalue weighted by Crippen LogP contribution is -2.32. The fraction of sp³-hybridized carbons (Fsp3) is 0.261. The second-order valence-corrected chi connectivity index (χ2v) is 8.11. The number of carbonyl (C=O) groups is 3. The molecule has 8 nitrogen and oxygen atoms in total. The molecule has 0 radical (unpaired) electrons. The summed E-state index contributed by atoms with van der Waals surface area (Å²) in [5, 5.41) is 5.57. The van der Waals surface area contributed by atoms with Gasteiger partial charge in [0.15, 0.2) is 0 Å². The normalized spacial score (nSPS) is 15.6. The fourth-order valence-electron chi connectivity index (χ4n) is 3.44. The van der Waals surface area contributed by atoms with Crippen LogP contribution in [0.3, 0.4) is 0 Å². The molecule has 9 heteroatoms. The molecule has 2 aromatic heterocycles. The van der Waals surface area contributed by atoms with Gasteiger partial charge in [-0.15, -0.1) is 11.3 Å². The van der Waals surface area contributed by atoms with E-state index in [-0.39, 0.29) is 18.2 Å². The summed E-state index contributed by atoms with van der Waals surface area (Å²) in [4.78, 5) is 47.3. The second kappa shape index (κ2) is 9.69. The van der Waals surface area contributed by atoms with Gasteiger partial charge in [-0.2, -0.15) is 0 Å². The van der Waals surface area contributed by atoms with Crippen LogP contribution < -0.4 is 10.2 Å². The van der Waals surface area contributed by atoms with E-state index in [0.717, 1.165) is 16.4 Å². The van der Waals surface area contributed by atoms with Gasteiger partial charge in [-0.25, -0.2) is 9.78 Å². The van der Waals surface area contributed by atoms with Crippen LogP contribution in [-0.2, 0) is 20.9 Å². The molecule has 0 spiro atoms. The maximum atomic E-state index is 12.6. The van der Waals surface area contributed by atoms with Crippen LogP contribution in [-0.4, -0.2) is 40.9 Å². The van der Waals surface area contributed by atoms with E-state index in [2.05, 4.69) is 15.3 Å². The van der Waals surface area contributed by atoms with E-state index in [4.69, 9.17) is 4.74 Å². The van der Waals surface area contributed by atoms with Crippen molar-refractivity contribution in [1.29, 1.82) is 0 Å². The second-order valence-electron chi connectivity index (χ2n) is 7.25. The summed E-state index contributed by atoms with van der Waals surface area (Å²) >= 11 is 1.47. The van der Waals surface area contributed by atoms with E-state index in [9.17, 15) is 14.4 Å². The highest BCUT2D eigenvalue weighted by atomic mass is 32.1. The number of hydrogen-bond acceptors (Lipinski definition) is 7. The minimum absolute atomic E-state index is 0.125. The van der Waals surface area contributed by atoms with Crippen LogP contribution in [0.15, 0.2) is 54.0 Å². The summed E-state index contributed by atoms with van der Waals surface area (Å²) in [6.07, 6.45) is 1.85. The number of nitrogens with zero attached hydrogens (tertiary/aromatic N) is 3. The molecule has 1 saturated heterocycles. The maximum absolute atomic E-state index is 12.6. The Hall–Kier alpha value is -3.59. The molecular weight excluding hydrogens is 428 g/mol. The number of ether oxygens (including phenoxy) is 1. The number of benzene rings is 1. The molecule has 1 aromatic carbocycles. The number of aromatic nitrogens is 2. The molecule has 2 amide bonds. The van der Waals surface area contributed by atoms with Crippen LogP contribution in [0.2, 0.25) is 0 Å². The largest absolute Gasteiger partial charge is 0.462 e. The number of pyridine rings is 1. The smallest absolute Gasteiger partial charge is 0.338 e. The predicted molar refractivity (Wildman–Crippen MR) is 120 cm³/mol. The molecule has 3 heterocycles. The standard InChI is InChI=1S/C23H22N4O4S/c1-2-31-23(30)15-6-8-18(9-7-15)27-13-16(11-20(27)28)21(29)25-12-17-14-32-22(26-17)19-5-3-4-10-24-19/h3-10,14,16H,2,11-13H2,1H3,(H,25,29). The predicted octanol–water partition coefficient (Wildman–Crippen LogP) is 3.05. The van der Waals surface area contributed by atoms with E-state index in [1.165, 1.54) is 11.3 Å². The average Bonchev–Trinajstić information content (AvgIpc) is 3.45. The van der Waals surface area contributed by atoms with Crippen molar-refractivity contribution in [3.05, 3.63) is 65.3 Å². The summed E-state index contributed by atoms with van der Waals surface area (Å²) in [6.45, 7) is 2.63. The van der Waals surface area contributed by atoms with Gasteiger partial charge in [0.1, 0.15) is 5.01 Å². The molecule has 1 unspecified atom stereocenters. The van der Waals surface area contributed by atoms with Crippen molar-refractivity contribution in [2.24, 2.45) is 5.92 Å². The quantitative estimate of drug-likeness (QED) is 0.555. The third kappa shape index (κ3) is 4.83. The molecular formula is C23H22N4O4S. The lowest BCUT2D eigenvalue weighted by Gasteiger charge is -2.17. The zero-order valence-electron chi connectivity index (χ0n) is 17.5. The van der Waals surface area contributed by atoms with E-state index in [1.807, 2.05) is 23.6 Å². The Balaban J connectivity index is 1.33. The van der Waals surface area contributed by atoms with Crippen LogP contribution in [0, 0.1) is 5.92 Å². The first-order valence-electron chi connectivity index (χ1n) is 10.3. The first-order chi connectivity index (χ1) is 15.5. The number of rotatable bonds is 7. The SMILES string of the molecule is CCOC(=O)c1ccc(N2CC(C(=O)NCc3csc(-c4ccccn4)n3)CC2=O)cc1. The van der Waals surface area contributed by atoms with E-state index in [1.54, 1.807) is 42.3 Å². The van der Waals surface area contributed by atoms with Crippen LogP contribution in [0.4, 0.5) is 5.69 Å². The molecule has 1 aliphatic heterocycles. The number of esters is 1. The molecule has 1 fully saturated rings. The van der Waals surface area contributed by atoms with Gasteiger partial charge in [0, 0.05) is 30.2 Å². The topological polar surface area (TPSA) is 101 Å². The molecule has 0 bridgehead atoms. The molecule has 1 atom stereocenters. The van der Waals surface area contributed by atoms with Crippen LogP contribution >= 0.6 is 11.3 Å². The molecule has 164 valence electrons. The van der Waals surface area contributed by atoms with Crippen molar-refractivity contribution >= 4 is 34.8 Å². The Morgan fingerprint density at radius 2 is 2.03 bits per heavy atom. The van der Waals surface area contributed by atoms with Gasteiger partial charge in [0.05, 0.1) is 36.0 Å². The van der Waals surface area contributed by atoms with Gasteiger partial charge in [0.25, 0.3) is 0 Å². The van der Waals surface area contributed by atoms with E-state index >= 15 is 0 Å². The van der Waals surface area contributed by atoms with Gasteiger partial charge in [-0.05, 0) is 43.3 Å². The average molecular weight is 451 g/mol. The third-order valence-electron chi connectivity index (χ3n) is 5.07. The molecule has 0 saturated carbocycles. The highest BCUT2D eigenvalue weighted by Gasteiger charge is 2.35. The van der Waals surface area contributed by atoms with Crippen LogP contribution in [0.25, 0.3) is 10.7 Å². The number of amides is 2. The van der Waals surface area contributed by atoms with Crippen LogP contribution in [0.5, 0.6) is 0 Å². The van der Waals surface area contributed by atoms with E-state index in [0.29, 0.717) is 30.9 Å². The summed E-state index contributed by atoms with van der Waals surface area (Å²) in [5.74, 6) is -1.16. The van der Waals surface area contributed by atoms with Crippen molar-refractivity contribution in [2.45, 2.75) is 19.9 Å². The third-order valence-corrected chi connectivity index (χ3v) is 5.98. The molecule has 32 heavy (non-hydrogen) atoms. The number of thiazole rings is 1. The molecule has 3 aromatic rings. The zero-order chi connectivity index (χ0) is 22.5. The summed E-state index contributed by atoms with van der Waals surface area (Å²) in [7, 11) is 0. The van der Waals surface area contributed by atoms with Crippen molar-refractivity contribution in [3.8, 4) is 10.7 Å². The van der Waals surface area contributed by atoms with E-state index < -0.39 is 11.9 Å². The molecule has 0 aliphatic carbocycles. The highest BCUT2D eigenvalue weighted by Crippen LogP contribution is 2.26. The number of anilines is 1. The van der Waals surface area contributed by atoms with Gasteiger partial charge in [0.2, 0.25) is 11.8 Å². The first kappa shape index (κ1) is 21.6. The number of nitrogens with one attached hydrogen (secondary N) is 1. The molecule has 1 N–H and O–H groups in total. The lowest BCUT2D eigenvalue weighted by molar-refractivity contribution is -0.126. The Morgan fingerprint density at radius 1 is 1.22 bits per heavy atom. The minimum atomic E-state index is -0.443. The number of carbonyl (C=O) groups excluding carboxylic acids is 3. The Kier molecular flexibility index (Phi) is 6.55. The van der Waals surface area contributed by atoms with Gasteiger partial charge in [-0.1, -0.05) is 6.07 Å². The fourth-order valence-corrected chi connectivity index (χ4v) is 4.24.